The zero-order valence-electron chi connectivity index (χ0n) is 19.6. The van der Waals surface area contributed by atoms with Gasteiger partial charge in [-0.25, -0.2) is 9.59 Å². The van der Waals surface area contributed by atoms with Gasteiger partial charge in [0.05, 0.1) is 12.0 Å². The topological polar surface area (TPSA) is 105 Å². The number of fused-ring (bicyclic) bond motifs is 3. The molecule has 35 heavy (non-hydrogen) atoms. The van der Waals surface area contributed by atoms with Crippen LogP contribution < -0.4 is 5.32 Å². The second kappa shape index (κ2) is 9.70. The van der Waals surface area contributed by atoms with Crippen molar-refractivity contribution in [3.8, 4) is 11.1 Å². The number of ether oxygens (including phenoxy) is 2. The summed E-state index contributed by atoms with van der Waals surface area (Å²) in [6.07, 6.45) is 1.51. The Kier molecular flexibility index (Phi) is 6.47. The number of hydrogen-bond acceptors (Lipinski definition) is 5. The van der Waals surface area contributed by atoms with E-state index in [4.69, 9.17) is 9.47 Å². The van der Waals surface area contributed by atoms with Crippen molar-refractivity contribution in [3.05, 3.63) is 59.7 Å². The molecule has 0 spiro atoms. The Balaban J connectivity index is 1.27. The number of nitrogens with zero attached hydrogens (tertiary/aromatic N) is 1. The van der Waals surface area contributed by atoms with E-state index in [1.165, 1.54) is 4.90 Å². The molecule has 2 aromatic rings. The van der Waals surface area contributed by atoms with Gasteiger partial charge in [-0.15, -0.1) is 0 Å². The standard InChI is InChI=1S/C27H30N2O6/c30-24(29-13-5-10-23(29)25(31)32)16-27(11-14-34-15-12-27)28-26(33)35-17-22-20-8-3-1-6-18(20)19-7-2-4-9-21(19)22/h1-4,6-9,22-23H,5,10-17H2,(H,28,33)(H,31,32)/t23-/m0/s1. The van der Waals surface area contributed by atoms with Gasteiger partial charge in [0.2, 0.25) is 5.91 Å². The largest absolute Gasteiger partial charge is 0.480 e. The normalized spacial score (nSPS) is 20.7. The minimum absolute atomic E-state index is 0.0321. The van der Waals surface area contributed by atoms with Crippen LogP contribution in [0.5, 0.6) is 0 Å². The third-order valence-electron chi connectivity index (χ3n) is 7.51. The van der Waals surface area contributed by atoms with Crippen LogP contribution in [0.1, 0.15) is 49.1 Å². The maximum Gasteiger partial charge on any atom is 0.407 e. The number of nitrogens with one attached hydrogen (secondary N) is 1. The van der Waals surface area contributed by atoms with Crippen molar-refractivity contribution < 1.29 is 29.0 Å². The molecule has 184 valence electrons. The first-order chi connectivity index (χ1) is 17.0. The summed E-state index contributed by atoms with van der Waals surface area (Å²) >= 11 is 0. The molecular formula is C27H30N2O6. The molecule has 5 rings (SSSR count). The molecule has 2 fully saturated rings. The molecule has 2 N–H and O–H groups in total. The van der Waals surface area contributed by atoms with E-state index in [0.717, 1.165) is 22.3 Å². The lowest BCUT2D eigenvalue weighted by Crippen LogP contribution is -2.55. The molecule has 0 unspecified atom stereocenters. The first-order valence-electron chi connectivity index (χ1n) is 12.2. The molecule has 0 radical (unpaired) electrons. The van der Waals surface area contributed by atoms with Crippen LogP contribution in [0, 0.1) is 0 Å². The Bertz CT molecular complexity index is 1080. The number of benzene rings is 2. The number of aliphatic carboxylic acids is 1. The van der Waals surface area contributed by atoms with Crippen molar-refractivity contribution in [2.24, 2.45) is 0 Å². The van der Waals surface area contributed by atoms with Crippen molar-refractivity contribution >= 4 is 18.0 Å². The van der Waals surface area contributed by atoms with Crippen LogP contribution in [-0.2, 0) is 19.1 Å². The van der Waals surface area contributed by atoms with E-state index in [1.807, 2.05) is 24.3 Å². The summed E-state index contributed by atoms with van der Waals surface area (Å²) < 4.78 is 11.2. The van der Waals surface area contributed by atoms with Crippen LogP contribution in [-0.4, -0.2) is 65.9 Å². The van der Waals surface area contributed by atoms with Crippen molar-refractivity contribution in [2.45, 2.75) is 49.6 Å². The summed E-state index contributed by atoms with van der Waals surface area (Å²) in [5.74, 6) is -1.29. The van der Waals surface area contributed by atoms with Crippen LogP contribution in [0.3, 0.4) is 0 Å². The molecule has 3 aliphatic rings. The Labute approximate surface area is 204 Å². The van der Waals surface area contributed by atoms with Crippen LogP contribution in [0.25, 0.3) is 11.1 Å². The molecule has 2 aromatic carbocycles. The van der Waals surface area contributed by atoms with Gasteiger partial charge in [-0.3, -0.25) is 4.79 Å². The number of carbonyl (C=O) groups is 3. The van der Waals surface area contributed by atoms with Crippen molar-refractivity contribution in [1.29, 1.82) is 0 Å². The summed E-state index contributed by atoms with van der Waals surface area (Å²) in [4.78, 5) is 39.0. The lowest BCUT2D eigenvalue weighted by atomic mass is 9.86. The highest BCUT2D eigenvalue weighted by molar-refractivity contribution is 5.85. The Morgan fingerprint density at radius 3 is 2.29 bits per heavy atom. The SMILES string of the molecule is O=C(NC1(CC(=O)N2CCC[C@H]2C(=O)O)CCOCC1)OCC1c2ccccc2-c2ccccc21. The lowest BCUT2D eigenvalue weighted by molar-refractivity contribution is -0.149. The van der Waals surface area contributed by atoms with Crippen molar-refractivity contribution in [2.75, 3.05) is 26.4 Å². The van der Waals surface area contributed by atoms with Gasteiger partial charge >= 0.3 is 12.1 Å². The molecule has 8 nitrogen and oxygen atoms in total. The maximum absolute atomic E-state index is 13.1. The second-order valence-corrected chi connectivity index (χ2v) is 9.60. The third-order valence-corrected chi connectivity index (χ3v) is 7.51. The molecule has 2 saturated heterocycles. The Hall–Kier alpha value is -3.39. The lowest BCUT2D eigenvalue weighted by Gasteiger charge is -2.38. The molecule has 0 bridgehead atoms. The smallest absolute Gasteiger partial charge is 0.407 e. The van der Waals surface area contributed by atoms with Gasteiger partial charge in [0.15, 0.2) is 0 Å². The van der Waals surface area contributed by atoms with E-state index in [-0.39, 0.29) is 24.9 Å². The first-order valence-corrected chi connectivity index (χ1v) is 12.2. The zero-order chi connectivity index (χ0) is 24.4. The van der Waals surface area contributed by atoms with Gasteiger partial charge in [0, 0.05) is 25.7 Å². The molecular weight excluding hydrogens is 448 g/mol. The van der Waals surface area contributed by atoms with Gasteiger partial charge < -0.3 is 24.8 Å². The van der Waals surface area contributed by atoms with E-state index >= 15 is 0 Å². The van der Waals surface area contributed by atoms with Crippen LogP contribution in [0.15, 0.2) is 48.5 Å². The summed E-state index contributed by atoms with van der Waals surface area (Å²) in [5.41, 5.74) is 3.76. The molecule has 1 atom stereocenters. The van der Waals surface area contributed by atoms with E-state index in [2.05, 4.69) is 29.6 Å². The van der Waals surface area contributed by atoms with E-state index in [0.29, 0.717) is 45.4 Å². The predicted octanol–water partition coefficient (Wildman–Crippen LogP) is 3.54. The quantitative estimate of drug-likeness (QED) is 0.658. The van der Waals surface area contributed by atoms with E-state index < -0.39 is 23.6 Å². The van der Waals surface area contributed by atoms with Gasteiger partial charge in [0.25, 0.3) is 0 Å². The maximum atomic E-state index is 13.1. The average molecular weight is 479 g/mol. The highest BCUT2D eigenvalue weighted by Crippen LogP contribution is 2.44. The molecule has 2 aliphatic heterocycles. The summed E-state index contributed by atoms with van der Waals surface area (Å²) in [6, 6.07) is 15.5. The number of carboxylic acids is 1. The Morgan fingerprint density at radius 2 is 1.66 bits per heavy atom. The minimum Gasteiger partial charge on any atom is -0.480 e. The van der Waals surface area contributed by atoms with Crippen LogP contribution in [0.4, 0.5) is 4.79 Å². The minimum atomic E-state index is -0.985. The number of amides is 2. The second-order valence-electron chi connectivity index (χ2n) is 9.60. The van der Waals surface area contributed by atoms with E-state index in [9.17, 15) is 19.5 Å². The molecule has 1 aliphatic carbocycles. The molecule has 2 heterocycles. The molecule has 8 heteroatoms. The van der Waals surface area contributed by atoms with Crippen LogP contribution in [0.2, 0.25) is 0 Å². The van der Waals surface area contributed by atoms with Crippen LogP contribution >= 0.6 is 0 Å². The number of carbonyl (C=O) groups excluding carboxylic acids is 2. The average Bonchev–Trinajstić information content (AvgIpc) is 3.47. The fraction of sp³-hybridized carbons (Fsp3) is 0.444. The number of carboxylic acid groups (broad SMARTS) is 1. The zero-order valence-corrected chi connectivity index (χ0v) is 19.6. The highest BCUT2D eigenvalue weighted by atomic mass is 16.5. The summed E-state index contributed by atoms with van der Waals surface area (Å²) in [5, 5.41) is 12.4. The molecule has 0 aromatic heterocycles. The highest BCUT2D eigenvalue weighted by Gasteiger charge is 2.42. The van der Waals surface area contributed by atoms with Crippen molar-refractivity contribution in [3.63, 3.8) is 0 Å². The van der Waals surface area contributed by atoms with Gasteiger partial charge in [-0.1, -0.05) is 48.5 Å². The van der Waals surface area contributed by atoms with Crippen molar-refractivity contribution in [1.82, 2.24) is 10.2 Å². The monoisotopic (exact) mass is 478 g/mol. The molecule has 0 saturated carbocycles. The predicted molar refractivity (Wildman–Crippen MR) is 128 cm³/mol. The summed E-state index contributed by atoms with van der Waals surface area (Å²) in [6.45, 7) is 1.44. The van der Waals surface area contributed by atoms with E-state index in [1.54, 1.807) is 0 Å². The fourth-order valence-electron chi connectivity index (χ4n) is 5.67. The Morgan fingerprint density at radius 1 is 1.03 bits per heavy atom. The number of likely N-dealkylation sites (tertiary alicyclic amines) is 1. The number of rotatable bonds is 6. The number of hydrogen-bond donors (Lipinski definition) is 2. The summed E-state index contributed by atoms with van der Waals surface area (Å²) in [7, 11) is 0. The fourth-order valence-corrected chi connectivity index (χ4v) is 5.67. The van der Waals surface area contributed by atoms with Gasteiger partial charge in [-0.05, 0) is 47.9 Å². The first kappa shape index (κ1) is 23.4. The van der Waals surface area contributed by atoms with Gasteiger partial charge in [0.1, 0.15) is 12.6 Å². The van der Waals surface area contributed by atoms with Gasteiger partial charge in [-0.2, -0.15) is 0 Å². The third kappa shape index (κ3) is 4.62. The number of alkyl carbamates (subject to hydrolysis) is 1. The molecule has 2 amide bonds.